The molecule has 1 aromatic carbocycles. The lowest BCUT2D eigenvalue weighted by Gasteiger charge is -2.36. The van der Waals surface area contributed by atoms with Crippen LogP contribution < -0.4 is 10.6 Å². The van der Waals surface area contributed by atoms with E-state index in [1.165, 1.54) is 0 Å². The molecule has 1 amide bonds. The van der Waals surface area contributed by atoms with Crippen molar-refractivity contribution < 1.29 is 9.53 Å². The molecule has 0 aromatic heterocycles. The van der Waals surface area contributed by atoms with Gasteiger partial charge in [0.05, 0.1) is 0 Å². The summed E-state index contributed by atoms with van der Waals surface area (Å²) < 4.78 is 5.40. The molecule has 1 fully saturated rings. The van der Waals surface area contributed by atoms with Crippen molar-refractivity contribution in [1.29, 1.82) is 0 Å². The lowest BCUT2D eigenvalue weighted by molar-refractivity contribution is 0.0240. The van der Waals surface area contributed by atoms with Crippen LogP contribution in [0.4, 0.5) is 16.2 Å². The van der Waals surface area contributed by atoms with Crippen LogP contribution in [0.2, 0.25) is 0 Å². The predicted molar refractivity (Wildman–Crippen MR) is 85.6 cm³/mol. The standard InChI is InChI=1S/C16H25N3O2/c1-12-11-13(5-6-14(12)17)18-7-9-19(10-8-18)15(20)21-16(2,3)4/h5-6,11H,7-10,17H2,1-4H3. The Bertz CT molecular complexity index is 515. The fraction of sp³-hybridized carbons (Fsp3) is 0.562. The summed E-state index contributed by atoms with van der Waals surface area (Å²) in [7, 11) is 0. The van der Waals surface area contributed by atoms with E-state index in [1.807, 2.05) is 39.8 Å². The number of hydrogen-bond donors (Lipinski definition) is 1. The highest BCUT2D eigenvalue weighted by Crippen LogP contribution is 2.22. The number of nitrogens with zero attached hydrogens (tertiary/aromatic N) is 2. The molecule has 0 aliphatic carbocycles. The number of amides is 1. The van der Waals surface area contributed by atoms with Crippen LogP contribution in [0.5, 0.6) is 0 Å². The molecule has 0 atom stereocenters. The van der Waals surface area contributed by atoms with Gasteiger partial charge in [0.2, 0.25) is 0 Å². The summed E-state index contributed by atoms with van der Waals surface area (Å²) >= 11 is 0. The molecule has 116 valence electrons. The van der Waals surface area contributed by atoms with Crippen molar-refractivity contribution in [3.63, 3.8) is 0 Å². The highest BCUT2D eigenvalue weighted by molar-refractivity contribution is 5.69. The largest absolute Gasteiger partial charge is 0.444 e. The zero-order chi connectivity index (χ0) is 15.6. The monoisotopic (exact) mass is 291 g/mol. The van der Waals surface area contributed by atoms with Crippen LogP contribution in [-0.4, -0.2) is 42.8 Å². The summed E-state index contributed by atoms with van der Waals surface area (Å²) in [6.07, 6.45) is -0.226. The fourth-order valence-corrected chi connectivity index (χ4v) is 2.33. The fourth-order valence-electron chi connectivity index (χ4n) is 2.33. The molecule has 2 N–H and O–H groups in total. The highest BCUT2D eigenvalue weighted by Gasteiger charge is 2.25. The van der Waals surface area contributed by atoms with E-state index in [0.717, 1.165) is 30.0 Å². The Morgan fingerprint density at radius 1 is 1.19 bits per heavy atom. The Hall–Kier alpha value is -1.91. The maximum Gasteiger partial charge on any atom is 0.410 e. The molecular weight excluding hydrogens is 266 g/mol. The molecule has 0 saturated carbocycles. The van der Waals surface area contributed by atoms with Gasteiger partial charge in [-0.25, -0.2) is 4.79 Å². The zero-order valence-corrected chi connectivity index (χ0v) is 13.3. The number of nitrogens with two attached hydrogens (primary N) is 1. The lowest BCUT2D eigenvalue weighted by Crippen LogP contribution is -2.50. The first-order valence-electron chi connectivity index (χ1n) is 7.35. The van der Waals surface area contributed by atoms with Gasteiger partial charge in [-0.1, -0.05) is 0 Å². The molecule has 0 radical (unpaired) electrons. The van der Waals surface area contributed by atoms with Crippen LogP contribution in [0.1, 0.15) is 26.3 Å². The van der Waals surface area contributed by atoms with Gasteiger partial charge in [-0.15, -0.1) is 0 Å². The molecule has 2 rings (SSSR count). The molecule has 1 aliphatic heterocycles. The molecule has 5 nitrogen and oxygen atoms in total. The van der Waals surface area contributed by atoms with E-state index < -0.39 is 5.60 Å². The molecule has 0 unspecified atom stereocenters. The topological polar surface area (TPSA) is 58.8 Å². The smallest absolute Gasteiger partial charge is 0.410 e. The first-order valence-corrected chi connectivity index (χ1v) is 7.35. The van der Waals surface area contributed by atoms with Crippen LogP contribution in [0, 0.1) is 6.92 Å². The normalized spacial score (nSPS) is 16.0. The van der Waals surface area contributed by atoms with Gasteiger partial charge in [-0.3, -0.25) is 0 Å². The summed E-state index contributed by atoms with van der Waals surface area (Å²) in [5, 5.41) is 0. The quantitative estimate of drug-likeness (QED) is 0.808. The third kappa shape index (κ3) is 4.03. The van der Waals surface area contributed by atoms with E-state index >= 15 is 0 Å². The van der Waals surface area contributed by atoms with E-state index in [0.29, 0.717) is 13.1 Å². The van der Waals surface area contributed by atoms with Gasteiger partial charge in [0.1, 0.15) is 5.60 Å². The van der Waals surface area contributed by atoms with Gasteiger partial charge < -0.3 is 20.3 Å². The minimum absolute atomic E-state index is 0.226. The molecule has 1 aromatic rings. The number of carbonyl (C=O) groups is 1. The number of anilines is 2. The second kappa shape index (κ2) is 5.84. The number of rotatable bonds is 1. The second-order valence-electron chi connectivity index (χ2n) is 6.50. The number of aryl methyl sites for hydroxylation is 1. The van der Waals surface area contributed by atoms with Crippen LogP contribution in [-0.2, 0) is 4.74 Å². The zero-order valence-electron chi connectivity index (χ0n) is 13.3. The van der Waals surface area contributed by atoms with Crippen LogP contribution in [0.15, 0.2) is 18.2 Å². The molecule has 0 bridgehead atoms. The van der Waals surface area contributed by atoms with Crippen LogP contribution >= 0.6 is 0 Å². The van der Waals surface area contributed by atoms with E-state index in [9.17, 15) is 4.79 Å². The molecule has 1 heterocycles. The van der Waals surface area contributed by atoms with Crippen LogP contribution in [0.25, 0.3) is 0 Å². The summed E-state index contributed by atoms with van der Waals surface area (Å²) in [4.78, 5) is 16.1. The van der Waals surface area contributed by atoms with Gasteiger partial charge >= 0.3 is 6.09 Å². The maximum absolute atomic E-state index is 12.0. The van der Waals surface area contributed by atoms with E-state index in [-0.39, 0.29) is 6.09 Å². The van der Waals surface area contributed by atoms with Crippen molar-refractivity contribution in [3.05, 3.63) is 23.8 Å². The van der Waals surface area contributed by atoms with Gasteiger partial charge in [0.25, 0.3) is 0 Å². The first kappa shape index (κ1) is 15.5. The van der Waals surface area contributed by atoms with Crippen molar-refractivity contribution in [3.8, 4) is 0 Å². The van der Waals surface area contributed by atoms with Gasteiger partial charge in [-0.05, 0) is 51.5 Å². The Morgan fingerprint density at radius 2 is 1.81 bits per heavy atom. The van der Waals surface area contributed by atoms with Crippen LogP contribution in [0.3, 0.4) is 0 Å². The van der Waals surface area contributed by atoms with E-state index in [2.05, 4.69) is 11.0 Å². The number of ether oxygens (including phenoxy) is 1. The van der Waals surface area contributed by atoms with Gasteiger partial charge in [0.15, 0.2) is 0 Å². The number of benzene rings is 1. The molecule has 5 heteroatoms. The minimum Gasteiger partial charge on any atom is -0.444 e. The molecule has 1 saturated heterocycles. The molecule has 1 aliphatic rings. The molecular formula is C16H25N3O2. The van der Waals surface area contributed by atoms with E-state index in [4.69, 9.17) is 10.5 Å². The summed E-state index contributed by atoms with van der Waals surface area (Å²) in [5.41, 5.74) is 8.46. The number of hydrogen-bond acceptors (Lipinski definition) is 4. The Kier molecular flexibility index (Phi) is 4.30. The average molecular weight is 291 g/mol. The van der Waals surface area contributed by atoms with Crippen molar-refractivity contribution in [2.24, 2.45) is 0 Å². The SMILES string of the molecule is Cc1cc(N2CCN(C(=O)OC(C)(C)C)CC2)ccc1N. The number of piperazine rings is 1. The van der Waals surface area contributed by atoms with Crippen molar-refractivity contribution in [2.45, 2.75) is 33.3 Å². The Morgan fingerprint density at radius 3 is 2.33 bits per heavy atom. The average Bonchev–Trinajstić information content (AvgIpc) is 2.40. The minimum atomic E-state index is -0.442. The third-order valence-corrected chi connectivity index (χ3v) is 3.55. The summed E-state index contributed by atoms with van der Waals surface area (Å²) in [6.45, 7) is 10.6. The summed E-state index contributed by atoms with van der Waals surface area (Å²) in [5.74, 6) is 0. The van der Waals surface area contributed by atoms with E-state index in [1.54, 1.807) is 4.90 Å². The molecule has 21 heavy (non-hydrogen) atoms. The lowest BCUT2D eigenvalue weighted by atomic mass is 10.1. The Balaban J connectivity index is 1.94. The first-order chi connectivity index (χ1) is 9.76. The molecule has 0 spiro atoms. The van der Waals surface area contributed by atoms with Crippen molar-refractivity contribution >= 4 is 17.5 Å². The van der Waals surface area contributed by atoms with Gasteiger partial charge in [0, 0.05) is 37.6 Å². The summed E-state index contributed by atoms with van der Waals surface area (Å²) in [6, 6.07) is 6.06. The van der Waals surface area contributed by atoms with Gasteiger partial charge in [-0.2, -0.15) is 0 Å². The number of carbonyl (C=O) groups excluding carboxylic acids is 1. The second-order valence-corrected chi connectivity index (χ2v) is 6.50. The van der Waals surface area contributed by atoms with Crippen molar-refractivity contribution in [2.75, 3.05) is 36.8 Å². The highest BCUT2D eigenvalue weighted by atomic mass is 16.6. The van der Waals surface area contributed by atoms with Crippen molar-refractivity contribution in [1.82, 2.24) is 4.90 Å². The third-order valence-electron chi connectivity index (χ3n) is 3.55. The Labute approximate surface area is 126 Å². The number of nitrogen functional groups attached to an aromatic ring is 1. The maximum atomic E-state index is 12.0. The predicted octanol–water partition coefficient (Wildman–Crippen LogP) is 2.63.